The maximum Gasteiger partial charge on any atom is 0.151 e. The molecule has 23 heavy (non-hydrogen) atoms. The van der Waals surface area contributed by atoms with E-state index in [2.05, 4.69) is 35.1 Å². The number of rotatable bonds is 3. The Balaban J connectivity index is 1.61. The van der Waals surface area contributed by atoms with Gasteiger partial charge in [-0.15, -0.1) is 0 Å². The summed E-state index contributed by atoms with van der Waals surface area (Å²) in [6.07, 6.45) is 0. The van der Waals surface area contributed by atoms with Gasteiger partial charge < -0.3 is 8.92 Å². The lowest BCUT2D eigenvalue weighted by Gasteiger charge is -2.19. The molecule has 1 heterocycles. The van der Waals surface area contributed by atoms with Gasteiger partial charge in [0.05, 0.1) is 0 Å². The van der Waals surface area contributed by atoms with Crippen LogP contribution in [0, 0.1) is 0 Å². The van der Waals surface area contributed by atoms with E-state index in [1.165, 1.54) is 17.8 Å². The van der Waals surface area contributed by atoms with Crippen LogP contribution >= 0.6 is 12.2 Å². The van der Waals surface area contributed by atoms with Gasteiger partial charge in [-0.25, -0.2) is 4.72 Å². The number of hydrogen-bond acceptors (Lipinski definition) is 4. The average Bonchev–Trinajstić information content (AvgIpc) is 2.63. The number of nitrogens with one attached hydrogen (secondary N) is 1. The van der Waals surface area contributed by atoms with Crippen molar-refractivity contribution in [1.29, 1.82) is 0 Å². The average molecular weight is 321 g/mol. The first-order valence-electron chi connectivity index (χ1n) is 7.42. The predicted molar refractivity (Wildman–Crippen MR) is 93.5 cm³/mol. The summed E-state index contributed by atoms with van der Waals surface area (Å²) in [5, 5.41) is 0. The highest BCUT2D eigenvalue weighted by Gasteiger charge is 2.16. The SMILES string of the molecule is c1ccc(Oc2ccc(-c3cccc4c3OSNC4)cc2)cc1. The summed E-state index contributed by atoms with van der Waals surface area (Å²) in [6, 6.07) is 24.1. The lowest BCUT2D eigenvalue weighted by atomic mass is 10.0. The summed E-state index contributed by atoms with van der Waals surface area (Å²) >= 11 is 1.28. The van der Waals surface area contributed by atoms with E-state index in [1.54, 1.807) is 0 Å². The van der Waals surface area contributed by atoms with Crippen molar-refractivity contribution in [3.05, 3.63) is 78.4 Å². The number of hydrogen-bond donors (Lipinski definition) is 1. The summed E-state index contributed by atoms with van der Waals surface area (Å²) in [7, 11) is 0. The summed E-state index contributed by atoms with van der Waals surface area (Å²) in [5.74, 6) is 2.60. The molecular formula is C19H15NO2S. The Morgan fingerprint density at radius 1 is 0.826 bits per heavy atom. The molecule has 0 spiro atoms. The van der Waals surface area contributed by atoms with Crippen molar-refractivity contribution in [3.8, 4) is 28.4 Å². The molecule has 0 saturated heterocycles. The highest BCUT2D eigenvalue weighted by Crippen LogP contribution is 2.38. The molecule has 0 saturated carbocycles. The van der Waals surface area contributed by atoms with Crippen LogP contribution in [0.3, 0.4) is 0 Å². The minimum absolute atomic E-state index is 0.809. The van der Waals surface area contributed by atoms with Gasteiger partial charge in [0.15, 0.2) is 5.75 Å². The molecule has 1 aliphatic rings. The van der Waals surface area contributed by atoms with Crippen molar-refractivity contribution in [2.75, 3.05) is 0 Å². The van der Waals surface area contributed by atoms with E-state index in [1.807, 2.05) is 42.5 Å². The minimum Gasteiger partial charge on any atom is -0.457 e. The normalized spacial score (nSPS) is 13.0. The van der Waals surface area contributed by atoms with Crippen LogP contribution in [0.1, 0.15) is 5.56 Å². The first kappa shape index (κ1) is 14.2. The number of ether oxygens (including phenoxy) is 1. The monoisotopic (exact) mass is 321 g/mol. The number of benzene rings is 3. The van der Waals surface area contributed by atoms with Crippen LogP contribution in [0.4, 0.5) is 0 Å². The van der Waals surface area contributed by atoms with Crippen LogP contribution in [0.15, 0.2) is 72.8 Å². The lowest BCUT2D eigenvalue weighted by Crippen LogP contribution is -2.12. The molecule has 0 unspecified atom stereocenters. The highest BCUT2D eigenvalue weighted by molar-refractivity contribution is 7.93. The smallest absolute Gasteiger partial charge is 0.151 e. The van der Waals surface area contributed by atoms with Crippen LogP contribution in [0.5, 0.6) is 17.2 Å². The van der Waals surface area contributed by atoms with Gasteiger partial charge in [0.2, 0.25) is 0 Å². The third kappa shape index (κ3) is 3.04. The molecule has 0 amide bonds. The van der Waals surface area contributed by atoms with Gasteiger partial charge in [-0.3, -0.25) is 0 Å². The summed E-state index contributed by atoms with van der Waals surface area (Å²) in [6.45, 7) is 0.809. The molecule has 0 aromatic heterocycles. The van der Waals surface area contributed by atoms with Gasteiger partial charge in [-0.1, -0.05) is 48.5 Å². The summed E-state index contributed by atoms with van der Waals surface area (Å²) in [5.41, 5.74) is 3.39. The molecule has 1 N–H and O–H groups in total. The fourth-order valence-electron chi connectivity index (χ4n) is 2.56. The Morgan fingerprint density at radius 2 is 1.61 bits per heavy atom. The molecule has 3 nitrogen and oxygen atoms in total. The Hall–Kier alpha value is -2.43. The van der Waals surface area contributed by atoms with E-state index in [0.29, 0.717) is 0 Å². The van der Waals surface area contributed by atoms with Crippen molar-refractivity contribution < 1.29 is 8.92 Å². The topological polar surface area (TPSA) is 30.5 Å². The van der Waals surface area contributed by atoms with E-state index in [4.69, 9.17) is 8.92 Å². The van der Waals surface area contributed by atoms with Gasteiger partial charge in [-0.2, -0.15) is 0 Å². The molecule has 4 heteroatoms. The Labute approximate surface area is 139 Å². The van der Waals surface area contributed by atoms with Crippen LogP contribution in [-0.2, 0) is 6.54 Å². The fourth-order valence-corrected chi connectivity index (χ4v) is 3.11. The van der Waals surface area contributed by atoms with Gasteiger partial charge >= 0.3 is 0 Å². The third-order valence-electron chi connectivity index (χ3n) is 3.69. The Kier molecular flexibility index (Phi) is 3.92. The van der Waals surface area contributed by atoms with Crippen molar-refractivity contribution >= 4 is 12.2 Å². The molecule has 0 atom stereocenters. The van der Waals surface area contributed by atoms with E-state index >= 15 is 0 Å². The molecule has 1 aliphatic heterocycles. The van der Waals surface area contributed by atoms with Crippen LogP contribution in [-0.4, -0.2) is 0 Å². The van der Waals surface area contributed by atoms with Gasteiger partial charge in [0, 0.05) is 17.7 Å². The molecule has 0 bridgehead atoms. The molecule has 114 valence electrons. The summed E-state index contributed by atoms with van der Waals surface area (Å²) in [4.78, 5) is 0. The van der Waals surface area contributed by atoms with E-state index < -0.39 is 0 Å². The molecular weight excluding hydrogens is 306 g/mol. The first-order valence-corrected chi connectivity index (χ1v) is 8.16. The Bertz CT molecular complexity index is 803. The maximum absolute atomic E-state index is 5.84. The highest BCUT2D eigenvalue weighted by atomic mass is 32.2. The van der Waals surface area contributed by atoms with Crippen LogP contribution < -0.4 is 13.6 Å². The lowest BCUT2D eigenvalue weighted by molar-refractivity contribution is 0.483. The van der Waals surface area contributed by atoms with Crippen LogP contribution in [0.25, 0.3) is 11.1 Å². The first-order chi connectivity index (χ1) is 11.4. The predicted octanol–water partition coefficient (Wildman–Crippen LogP) is 5.19. The molecule has 4 rings (SSSR count). The molecule has 0 radical (unpaired) electrons. The molecule has 0 fully saturated rings. The third-order valence-corrected chi connectivity index (χ3v) is 4.20. The van der Waals surface area contributed by atoms with Crippen molar-refractivity contribution in [1.82, 2.24) is 4.72 Å². The second-order valence-electron chi connectivity index (χ2n) is 5.22. The summed E-state index contributed by atoms with van der Waals surface area (Å²) < 4.78 is 14.7. The van der Waals surface area contributed by atoms with Crippen molar-refractivity contribution in [3.63, 3.8) is 0 Å². The zero-order chi connectivity index (χ0) is 15.5. The Morgan fingerprint density at radius 3 is 2.43 bits per heavy atom. The largest absolute Gasteiger partial charge is 0.457 e. The molecule has 0 aliphatic carbocycles. The van der Waals surface area contributed by atoms with Crippen molar-refractivity contribution in [2.45, 2.75) is 6.54 Å². The van der Waals surface area contributed by atoms with E-state index in [-0.39, 0.29) is 0 Å². The zero-order valence-corrected chi connectivity index (χ0v) is 13.2. The van der Waals surface area contributed by atoms with Crippen molar-refractivity contribution in [2.24, 2.45) is 0 Å². The quantitative estimate of drug-likeness (QED) is 0.531. The minimum atomic E-state index is 0.809. The zero-order valence-electron chi connectivity index (χ0n) is 12.4. The second kappa shape index (κ2) is 6.36. The molecule has 3 aromatic rings. The van der Waals surface area contributed by atoms with Crippen LogP contribution in [0.2, 0.25) is 0 Å². The van der Waals surface area contributed by atoms with Gasteiger partial charge in [0.25, 0.3) is 0 Å². The van der Waals surface area contributed by atoms with Gasteiger partial charge in [0.1, 0.15) is 23.7 Å². The molecule has 3 aromatic carbocycles. The number of fused-ring (bicyclic) bond motifs is 1. The van der Waals surface area contributed by atoms with E-state index in [0.717, 1.165) is 34.9 Å². The maximum atomic E-state index is 5.84. The number of para-hydroxylation sites is 2. The van der Waals surface area contributed by atoms with E-state index in [9.17, 15) is 0 Å². The van der Waals surface area contributed by atoms with Gasteiger partial charge in [-0.05, 0) is 29.8 Å². The standard InChI is InChI=1S/C19H15NO2S/c1-2-6-16(7-3-1)21-17-11-9-14(10-12-17)18-8-4-5-15-13-20-23-22-19(15)18/h1-12,20H,13H2. The fraction of sp³-hybridized carbons (Fsp3) is 0.0526. The second-order valence-corrected chi connectivity index (χ2v) is 5.84.